The second kappa shape index (κ2) is 49.4. The maximum absolute atomic E-state index is 13.7. The molecule has 0 spiro atoms. The van der Waals surface area contributed by atoms with Crippen LogP contribution in [0.25, 0.3) is 0 Å². The summed E-state index contributed by atoms with van der Waals surface area (Å²) in [6.07, 6.45) is 44.3. The molecule has 0 heterocycles. The lowest BCUT2D eigenvalue weighted by Gasteiger charge is -2.24. The van der Waals surface area contributed by atoms with Gasteiger partial charge in [0.2, 0.25) is 5.75 Å². The van der Waals surface area contributed by atoms with E-state index in [2.05, 4.69) is 26.1 Å². The number of nitrogens with one attached hydrogen (secondary N) is 1. The number of unbranched alkanes of at least 4 members (excludes halogenated alkanes) is 39. The van der Waals surface area contributed by atoms with Crippen LogP contribution in [0.1, 0.15) is 301 Å². The molecule has 2 amide bonds. The third-order valence-corrected chi connectivity index (χ3v) is 14.3. The van der Waals surface area contributed by atoms with E-state index in [0.29, 0.717) is 37.1 Å². The smallest absolute Gasteiger partial charge is 0.258 e. The number of imide groups is 1. The maximum atomic E-state index is 13.7. The van der Waals surface area contributed by atoms with Crippen LogP contribution in [0.15, 0.2) is 12.1 Å². The minimum Gasteiger partial charge on any atom is -0.490 e. The fourth-order valence-electron chi connectivity index (χ4n) is 9.43. The molecule has 0 saturated carbocycles. The van der Waals surface area contributed by atoms with E-state index in [0.717, 1.165) is 57.8 Å². The van der Waals surface area contributed by atoms with Gasteiger partial charge in [0.05, 0.1) is 26.4 Å². The van der Waals surface area contributed by atoms with Gasteiger partial charge in [0.15, 0.2) is 17.6 Å². The third kappa shape index (κ3) is 36.5. The van der Waals surface area contributed by atoms with Crippen molar-refractivity contribution in [3.63, 3.8) is 0 Å². The van der Waals surface area contributed by atoms with Gasteiger partial charge in [-0.3, -0.25) is 14.9 Å². The number of ether oxygens (including phenoxy) is 3. The second-order valence-electron chi connectivity index (χ2n) is 21.1. The Bertz CT molecular complexity index is 1320. The zero-order valence-corrected chi connectivity index (χ0v) is 46.8. The highest BCUT2D eigenvalue weighted by atomic mass is 16.5. The largest absolute Gasteiger partial charge is 0.490 e. The van der Waals surface area contributed by atoms with Crippen LogP contribution < -0.4 is 19.5 Å². The van der Waals surface area contributed by atoms with Crippen LogP contribution in [0, 0.1) is 0 Å². The molecule has 0 bridgehead atoms. The summed E-state index contributed by atoms with van der Waals surface area (Å²) in [6, 6.07) is 3.05. The Kier molecular flexibility index (Phi) is 46.4. The Morgan fingerprint density at radius 1 is 0.403 bits per heavy atom. The van der Waals surface area contributed by atoms with Crippen LogP contribution in [-0.4, -0.2) is 88.2 Å². The van der Waals surface area contributed by atoms with Crippen molar-refractivity contribution >= 4 is 11.8 Å². The van der Waals surface area contributed by atoms with Crippen LogP contribution in [0.2, 0.25) is 0 Å². The van der Waals surface area contributed by atoms with Gasteiger partial charge in [-0.15, -0.1) is 0 Å². The lowest BCUT2D eigenvalue weighted by Crippen LogP contribution is -2.52. The maximum Gasteiger partial charge on any atom is 0.258 e. The first-order valence-corrected chi connectivity index (χ1v) is 30.5. The molecular weight excluding hydrogens is 907 g/mol. The molecule has 11 nitrogen and oxygen atoms in total. The van der Waals surface area contributed by atoms with E-state index in [1.54, 1.807) is 0 Å². The van der Waals surface area contributed by atoms with Gasteiger partial charge in [0.25, 0.3) is 11.8 Å². The summed E-state index contributed by atoms with van der Waals surface area (Å²) >= 11 is 0. The molecule has 0 unspecified atom stereocenters. The molecule has 0 aliphatic rings. The van der Waals surface area contributed by atoms with Crippen molar-refractivity contribution in [2.75, 3.05) is 26.4 Å². The highest BCUT2D eigenvalue weighted by molar-refractivity contribution is 6.06. The van der Waals surface area contributed by atoms with Gasteiger partial charge in [-0.2, -0.15) is 0 Å². The average molecular weight is 1020 g/mol. The summed E-state index contributed by atoms with van der Waals surface area (Å²) in [5.74, 6) is -1.03. The first-order chi connectivity index (χ1) is 35.2. The Morgan fingerprint density at radius 2 is 0.667 bits per heavy atom. The van der Waals surface area contributed by atoms with Crippen molar-refractivity contribution in [2.45, 2.75) is 315 Å². The molecule has 11 heteroatoms. The molecule has 0 aromatic heterocycles. The van der Waals surface area contributed by atoms with Gasteiger partial charge in [0, 0.05) is 5.56 Å². The summed E-state index contributed by atoms with van der Waals surface area (Å²) in [5.41, 5.74) is 0.0387. The number of carbonyl (C=O) groups is 2. The number of hydrogen-bond acceptors (Lipinski definition) is 10. The highest BCUT2D eigenvalue weighted by Gasteiger charge is 2.35. The molecule has 1 aromatic carbocycles. The number of rotatable bonds is 54. The zero-order valence-electron chi connectivity index (χ0n) is 46.8. The average Bonchev–Trinajstić information content (AvgIpc) is 3.38. The summed E-state index contributed by atoms with van der Waals surface area (Å²) < 4.78 is 19.3. The summed E-state index contributed by atoms with van der Waals surface area (Å²) in [6.45, 7) is 7.16. The highest BCUT2D eigenvalue weighted by Crippen LogP contribution is 2.40. The van der Waals surface area contributed by atoms with Crippen molar-refractivity contribution in [2.24, 2.45) is 0 Å². The van der Waals surface area contributed by atoms with Crippen LogP contribution in [-0.2, 0) is 4.79 Å². The van der Waals surface area contributed by atoms with Gasteiger partial charge >= 0.3 is 0 Å². The first-order valence-electron chi connectivity index (χ1n) is 30.5. The number of benzene rings is 1. The minimum atomic E-state index is -2.26. The topological polar surface area (TPSA) is 175 Å². The Hall–Kier alpha value is -2.44. The lowest BCUT2D eigenvalue weighted by atomic mass is 10.0. The second-order valence-corrected chi connectivity index (χ2v) is 21.1. The predicted octanol–water partition coefficient (Wildman–Crippen LogP) is 15.0. The van der Waals surface area contributed by atoms with Gasteiger partial charge in [0.1, 0.15) is 18.3 Å². The minimum absolute atomic E-state index is 0.0387. The van der Waals surface area contributed by atoms with E-state index in [1.807, 2.05) is 0 Å². The van der Waals surface area contributed by atoms with Crippen molar-refractivity contribution < 1.29 is 49.3 Å². The summed E-state index contributed by atoms with van der Waals surface area (Å²) in [4.78, 5) is 26.6. The van der Waals surface area contributed by atoms with Gasteiger partial charge in [-0.25, -0.2) is 0 Å². The molecular formula is C61H113NO10. The number of aliphatic hydroxyl groups excluding tert-OH is 5. The van der Waals surface area contributed by atoms with E-state index >= 15 is 0 Å². The molecule has 72 heavy (non-hydrogen) atoms. The molecule has 6 N–H and O–H groups in total. The number of aliphatic hydroxyl groups is 5. The Balaban J connectivity index is 2.97. The van der Waals surface area contributed by atoms with Crippen molar-refractivity contribution in [3.05, 3.63) is 17.7 Å². The number of hydrogen-bond donors (Lipinski definition) is 6. The fourth-order valence-corrected chi connectivity index (χ4v) is 9.43. The number of amides is 2. The Morgan fingerprint density at radius 3 is 0.944 bits per heavy atom. The normalized spacial score (nSPS) is 13.2. The molecule has 1 aromatic rings. The van der Waals surface area contributed by atoms with E-state index in [4.69, 9.17) is 14.2 Å². The van der Waals surface area contributed by atoms with Crippen LogP contribution in [0.4, 0.5) is 0 Å². The zero-order chi connectivity index (χ0) is 52.5. The van der Waals surface area contributed by atoms with Crippen molar-refractivity contribution in [1.82, 2.24) is 5.32 Å². The fraction of sp³-hybridized carbons (Fsp3) is 0.869. The van der Waals surface area contributed by atoms with Crippen LogP contribution in [0.5, 0.6) is 17.2 Å². The number of carbonyl (C=O) groups excluding carboxylic acids is 2. The van der Waals surface area contributed by atoms with E-state index in [9.17, 15) is 35.1 Å². The molecule has 4 atom stereocenters. The van der Waals surface area contributed by atoms with Gasteiger partial charge < -0.3 is 39.7 Å². The monoisotopic (exact) mass is 1020 g/mol. The SMILES string of the molecule is CCCCCCCCCCCCCCCCOc1cc(C(=O)NC(=O)[C@@H](O)[C@H](O)[C@@H](O)[C@@H](O)CO)cc(OCCCCCCCCCCCCCCCC)c1OCCCCCCCCCCCCCCCC. The quantitative estimate of drug-likeness (QED) is 0.0345. The lowest BCUT2D eigenvalue weighted by molar-refractivity contribution is -0.148. The predicted molar refractivity (Wildman–Crippen MR) is 297 cm³/mol. The van der Waals surface area contributed by atoms with Crippen LogP contribution >= 0.6 is 0 Å². The molecule has 422 valence electrons. The molecule has 0 radical (unpaired) electrons. The summed E-state index contributed by atoms with van der Waals surface area (Å²) in [7, 11) is 0. The van der Waals surface area contributed by atoms with Crippen molar-refractivity contribution in [1.29, 1.82) is 0 Å². The Labute approximate surface area is 441 Å². The molecule has 0 aliphatic heterocycles. The van der Waals surface area contributed by atoms with Gasteiger partial charge in [-0.05, 0) is 31.4 Å². The van der Waals surface area contributed by atoms with Crippen LogP contribution in [0.3, 0.4) is 0 Å². The molecule has 0 fully saturated rings. The first kappa shape index (κ1) is 67.6. The van der Waals surface area contributed by atoms with Crippen molar-refractivity contribution in [3.8, 4) is 17.2 Å². The molecule has 1 rings (SSSR count). The van der Waals surface area contributed by atoms with E-state index in [-0.39, 0.29) is 5.56 Å². The third-order valence-electron chi connectivity index (χ3n) is 14.3. The standard InChI is InChI=1S/C61H113NO10/c1-4-7-10-13-16-19-22-25-28-31-34-37-40-43-46-70-54-49-52(60(68)62-61(69)58(67)57(66)56(65)53(64)51-63)50-55(71-47-44-41-38-35-32-29-26-23-20-17-14-11-8-5-2)59(54)72-48-45-42-39-36-33-30-27-24-21-18-15-12-9-6-3/h49-50,53,56-58,63-67H,4-48,51H2,1-3H3,(H,62,68,69)/t53-,56-,57+,58-/m0/s1. The van der Waals surface area contributed by atoms with E-state index in [1.165, 1.54) is 224 Å². The van der Waals surface area contributed by atoms with Gasteiger partial charge in [-0.1, -0.05) is 271 Å². The van der Waals surface area contributed by atoms with E-state index < -0.39 is 42.8 Å². The summed E-state index contributed by atoms with van der Waals surface area (Å²) in [5, 5.41) is 51.9. The molecule has 0 aliphatic carbocycles. The molecule has 0 saturated heterocycles.